The van der Waals surface area contributed by atoms with Crippen molar-refractivity contribution < 1.29 is 13.9 Å². The molecule has 1 fully saturated rings. The number of halogens is 1. The number of piperidine rings is 1. The van der Waals surface area contributed by atoms with E-state index < -0.39 is 5.72 Å². The van der Waals surface area contributed by atoms with Gasteiger partial charge in [0.25, 0.3) is 0 Å². The van der Waals surface area contributed by atoms with Crippen LogP contribution in [-0.2, 0) is 4.79 Å². The number of benzene rings is 2. The van der Waals surface area contributed by atoms with Gasteiger partial charge in [0, 0.05) is 50.4 Å². The van der Waals surface area contributed by atoms with Crippen LogP contribution in [0.3, 0.4) is 0 Å². The number of hydrogen-bond donors (Lipinski definition) is 0. The van der Waals surface area contributed by atoms with E-state index in [4.69, 9.17) is 9.84 Å². The number of carbonyl (C=O) groups is 1. The summed E-state index contributed by atoms with van der Waals surface area (Å²) in [5, 5.41) is 6.90. The van der Waals surface area contributed by atoms with Crippen LogP contribution in [-0.4, -0.2) is 40.3 Å². The third-order valence-electron chi connectivity index (χ3n) is 6.08. The molecule has 5 nitrogen and oxygen atoms in total. The minimum absolute atomic E-state index is 0.0171. The maximum Gasteiger partial charge on any atom is 0.219 e. The van der Waals surface area contributed by atoms with Gasteiger partial charge in [-0.15, -0.1) is 0 Å². The molecule has 144 valence electrons. The molecule has 28 heavy (non-hydrogen) atoms. The largest absolute Gasteiger partial charge is 0.466 e. The van der Waals surface area contributed by atoms with Gasteiger partial charge in [0.1, 0.15) is 11.6 Å². The average Bonchev–Trinajstić information content (AvgIpc) is 3.15. The molecule has 3 aliphatic heterocycles. The van der Waals surface area contributed by atoms with Gasteiger partial charge in [-0.25, -0.2) is 9.40 Å². The third-order valence-corrected chi connectivity index (χ3v) is 6.08. The van der Waals surface area contributed by atoms with Crippen molar-refractivity contribution in [2.75, 3.05) is 13.1 Å². The van der Waals surface area contributed by atoms with Gasteiger partial charge in [-0.1, -0.05) is 36.4 Å². The SMILES string of the molecule is CC(=O)N1CCC2(CC1)Oc1ccccc1C1CC(c3ccccc3F)=NN12. The normalized spacial score (nSPS) is 22.4. The van der Waals surface area contributed by atoms with E-state index in [9.17, 15) is 9.18 Å². The second-order valence-electron chi connectivity index (χ2n) is 7.68. The van der Waals surface area contributed by atoms with Gasteiger partial charge in [-0.05, 0) is 12.1 Å². The Balaban J connectivity index is 1.56. The predicted octanol–water partition coefficient (Wildman–Crippen LogP) is 3.71. The van der Waals surface area contributed by atoms with Crippen molar-refractivity contribution in [2.45, 2.75) is 38.0 Å². The first-order chi connectivity index (χ1) is 13.6. The highest BCUT2D eigenvalue weighted by atomic mass is 19.1. The summed E-state index contributed by atoms with van der Waals surface area (Å²) in [6.45, 7) is 2.86. The van der Waals surface area contributed by atoms with Crippen LogP contribution in [0, 0.1) is 5.82 Å². The molecule has 5 rings (SSSR count). The molecule has 1 atom stereocenters. The van der Waals surface area contributed by atoms with Crippen LogP contribution >= 0.6 is 0 Å². The van der Waals surface area contributed by atoms with Crippen molar-refractivity contribution in [3.05, 3.63) is 65.5 Å². The fourth-order valence-corrected chi connectivity index (χ4v) is 4.59. The monoisotopic (exact) mass is 379 g/mol. The number of carbonyl (C=O) groups excluding carboxylic acids is 1. The molecule has 0 saturated carbocycles. The topological polar surface area (TPSA) is 45.1 Å². The Morgan fingerprint density at radius 2 is 1.86 bits per heavy atom. The van der Waals surface area contributed by atoms with Crippen LogP contribution in [0.1, 0.15) is 43.4 Å². The number of nitrogens with zero attached hydrogens (tertiary/aromatic N) is 3. The predicted molar refractivity (Wildman–Crippen MR) is 103 cm³/mol. The number of likely N-dealkylation sites (tertiary alicyclic amines) is 1. The van der Waals surface area contributed by atoms with Crippen molar-refractivity contribution in [2.24, 2.45) is 5.10 Å². The first-order valence-electron chi connectivity index (χ1n) is 9.73. The van der Waals surface area contributed by atoms with Crippen LogP contribution in [0.25, 0.3) is 0 Å². The Morgan fingerprint density at radius 3 is 2.61 bits per heavy atom. The lowest BCUT2D eigenvalue weighted by molar-refractivity contribution is -0.158. The number of rotatable bonds is 1. The van der Waals surface area contributed by atoms with E-state index in [1.165, 1.54) is 6.07 Å². The number of amides is 1. The van der Waals surface area contributed by atoms with Crippen molar-refractivity contribution in [1.82, 2.24) is 9.91 Å². The van der Waals surface area contributed by atoms with Crippen LogP contribution in [0.15, 0.2) is 53.6 Å². The zero-order valence-corrected chi connectivity index (χ0v) is 15.8. The number of para-hydroxylation sites is 1. The van der Waals surface area contributed by atoms with E-state index in [-0.39, 0.29) is 17.8 Å². The van der Waals surface area contributed by atoms with Gasteiger partial charge in [-0.3, -0.25) is 4.79 Å². The second-order valence-corrected chi connectivity index (χ2v) is 7.68. The Bertz CT molecular complexity index is 966. The van der Waals surface area contributed by atoms with Gasteiger partial charge in [0.15, 0.2) is 0 Å². The molecule has 6 heteroatoms. The van der Waals surface area contributed by atoms with Crippen LogP contribution in [0.5, 0.6) is 5.75 Å². The van der Waals surface area contributed by atoms with E-state index in [0.717, 1.165) is 17.0 Å². The minimum atomic E-state index is -0.599. The molecule has 1 amide bonds. The van der Waals surface area contributed by atoms with Gasteiger partial charge in [0.05, 0.1) is 11.8 Å². The number of hydrogen-bond acceptors (Lipinski definition) is 4. The highest BCUT2D eigenvalue weighted by Gasteiger charge is 2.52. The summed E-state index contributed by atoms with van der Waals surface area (Å²) < 4.78 is 20.9. The molecule has 0 N–H and O–H groups in total. The highest BCUT2D eigenvalue weighted by Crippen LogP contribution is 2.49. The summed E-state index contributed by atoms with van der Waals surface area (Å²) in [5.41, 5.74) is 1.78. The van der Waals surface area contributed by atoms with Gasteiger partial charge in [0.2, 0.25) is 11.6 Å². The summed E-state index contributed by atoms with van der Waals surface area (Å²) in [7, 11) is 0. The molecule has 0 bridgehead atoms. The molecule has 2 aromatic rings. The van der Waals surface area contributed by atoms with E-state index >= 15 is 0 Å². The summed E-state index contributed by atoms with van der Waals surface area (Å²) in [6, 6.07) is 14.8. The standard InChI is InChI=1S/C22H22FN3O2/c1-15(27)25-12-10-22(11-13-25)26-20(17-7-3-5-9-21(17)28-22)14-19(24-26)16-6-2-4-8-18(16)23/h2-9,20H,10-14H2,1H3. The Labute approximate surface area is 163 Å². The summed E-state index contributed by atoms with van der Waals surface area (Å²) in [4.78, 5) is 13.6. The highest BCUT2D eigenvalue weighted by molar-refractivity contribution is 6.02. The minimum Gasteiger partial charge on any atom is -0.466 e. The maximum absolute atomic E-state index is 14.4. The van der Waals surface area contributed by atoms with Crippen LogP contribution in [0.4, 0.5) is 4.39 Å². The lowest BCUT2D eigenvalue weighted by atomic mass is 9.90. The Kier molecular flexibility index (Phi) is 3.89. The number of ether oxygens (including phenoxy) is 1. The lowest BCUT2D eigenvalue weighted by Gasteiger charge is -2.51. The second kappa shape index (κ2) is 6.33. The van der Waals surface area contributed by atoms with Crippen LogP contribution < -0.4 is 4.74 Å². The molecule has 0 aliphatic carbocycles. The fraction of sp³-hybridized carbons (Fsp3) is 0.364. The number of hydrazone groups is 1. The van der Waals surface area contributed by atoms with Gasteiger partial charge < -0.3 is 9.64 Å². The molecule has 3 heterocycles. The van der Waals surface area contributed by atoms with Crippen molar-refractivity contribution in [1.29, 1.82) is 0 Å². The average molecular weight is 379 g/mol. The molecule has 0 aromatic heterocycles. The Morgan fingerprint density at radius 1 is 1.14 bits per heavy atom. The van der Waals surface area contributed by atoms with E-state index in [0.29, 0.717) is 37.9 Å². The molecule has 3 aliphatic rings. The van der Waals surface area contributed by atoms with Crippen molar-refractivity contribution >= 4 is 11.6 Å². The fourth-order valence-electron chi connectivity index (χ4n) is 4.59. The van der Waals surface area contributed by atoms with Gasteiger partial charge >= 0.3 is 0 Å². The van der Waals surface area contributed by atoms with Gasteiger partial charge in [-0.2, -0.15) is 5.10 Å². The first kappa shape index (κ1) is 17.2. The third kappa shape index (κ3) is 2.58. The van der Waals surface area contributed by atoms with E-state index in [1.807, 2.05) is 34.2 Å². The molecule has 2 aromatic carbocycles. The summed E-state index contributed by atoms with van der Waals surface area (Å²) >= 11 is 0. The Hall–Kier alpha value is -2.89. The molecule has 1 saturated heterocycles. The lowest BCUT2D eigenvalue weighted by Crippen LogP contribution is -2.59. The number of fused-ring (bicyclic) bond motifs is 4. The van der Waals surface area contributed by atoms with Crippen LogP contribution in [0.2, 0.25) is 0 Å². The molecule has 0 radical (unpaired) electrons. The van der Waals surface area contributed by atoms with E-state index in [2.05, 4.69) is 6.07 Å². The van der Waals surface area contributed by atoms with Crippen molar-refractivity contribution in [3.8, 4) is 5.75 Å². The van der Waals surface area contributed by atoms with E-state index in [1.54, 1.807) is 19.1 Å². The maximum atomic E-state index is 14.4. The smallest absolute Gasteiger partial charge is 0.219 e. The van der Waals surface area contributed by atoms with Crippen molar-refractivity contribution in [3.63, 3.8) is 0 Å². The first-order valence-corrected chi connectivity index (χ1v) is 9.73. The molecule has 1 unspecified atom stereocenters. The molecular formula is C22H22FN3O2. The zero-order chi connectivity index (χ0) is 19.3. The molecule has 1 spiro atoms. The summed E-state index contributed by atoms with van der Waals surface area (Å²) in [5.74, 6) is 0.695. The zero-order valence-electron chi connectivity index (χ0n) is 15.8. The molecular weight excluding hydrogens is 357 g/mol. The summed E-state index contributed by atoms with van der Waals surface area (Å²) in [6.07, 6.45) is 1.98. The quantitative estimate of drug-likeness (QED) is 0.759.